The maximum atomic E-state index is 11.5. The van der Waals surface area contributed by atoms with E-state index in [1.807, 2.05) is 6.92 Å². The first-order chi connectivity index (χ1) is 6.56. The third kappa shape index (κ3) is 2.47. The van der Waals surface area contributed by atoms with Gasteiger partial charge in [0.25, 0.3) is 5.56 Å². The van der Waals surface area contributed by atoms with Gasteiger partial charge in [0.1, 0.15) is 5.02 Å². The maximum Gasteiger partial charge on any atom is 0.273 e. The number of rotatable bonds is 3. The Bertz CT molecular complexity index is 378. The van der Waals surface area contributed by atoms with E-state index in [0.717, 1.165) is 0 Å². The second-order valence-electron chi connectivity index (χ2n) is 3.09. The van der Waals surface area contributed by atoms with Gasteiger partial charge in [-0.15, -0.1) is 0 Å². The fourth-order valence-electron chi connectivity index (χ4n) is 0.967. The largest absolute Gasteiger partial charge is 0.396 e. The third-order valence-corrected chi connectivity index (χ3v) is 2.48. The topological polar surface area (TPSA) is 55.1 Å². The van der Waals surface area contributed by atoms with Crippen LogP contribution in [0, 0.1) is 5.92 Å². The van der Waals surface area contributed by atoms with Gasteiger partial charge in [-0.3, -0.25) is 9.36 Å². The number of halogens is 2. The Morgan fingerprint density at radius 2 is 2.29 bits per heavy atom. The molecular formula is C8H10Cl2N2O2. The summed E-state index contributed by atoms with van der Waals surface area (Å²) in [6.45, 7) is 2.20. The number of aromatic nitrogens is 2. The van der Waals surface area contributed by atoms with E-state index >= 15 is 0 Å². The molecule has 1 aromatic heterocycles. The summed E-state index contributed by atoms with van der Waals surface area (Å²) in [6, 6.07) is 0. The van der Waals surface area contributed by atoms with Gasteiger partial charge in [0, 0.05) is 13.2 Å². The molecule has 0 saturated heterocycles. The molecule has 14 heavy (non-hydrogen) atoms. The van der Waals surface area contributed by atoms with E-state index in [-0.39, 0.29) is 28.3 Å². The van der Waals surface area contributed by atoms with Gasteiger partial charge in [-0.2, -0.15) is 0 Å². The molecule has 6 heteroatoms. The third-order valence-electron chi connectivity index (χ3n) is 1.76. The maximum absolute atomic E-state index is 11.5. The van der Waals surface area contributed by atoms with E-state index in [1.165, 1.54) is 10.9 Å². The summed E-state index contributed by atoms with van der Waals surface area (Å²) >= 11 is 11.2. The number of nitrogens with zero attached hydrogens (tertiary/aromatic N) is 2. The van der Waals surface area contributed by atoms with Gasteiger partial charge in [-0.1, -0.05) is 30.1 Å². The molecule has 4 nitrogen and oxygen atoms in total. The zero-order valence-electron chi connectivity index (χ0n) is 7.57. The van der Waals surface area contributed by atoms with Gasteiger partial charge in [0.05, 0.1) is 6.33 Å². The molecule has 0 amide bonds. The molecule has 1 rings (SSSR count). The lowest BCUT2D eigenvalue weighted by atomic mass is 10.2. The highest BCUT2D eigenvalue weighted by atomic mass is 35.5. The quantitative estimate of drug-likeness (QED) is 0.803. The molecular weight excluding hydrogens is 227 g/mol. The second kappa shape index (κ2) is 4.77. The number of aliphatic hydroxyl groups excluding tert-OH is 1. The van der Waals surface area contributed by atoms with Crippen LogP contribution in [0.5, 0.6) is 0 Å². The Morgan fingerprint density at radius 1 is 1.64 bits per heavy atom. The van der Waals surface area contributed by atoms with E-state index in [0.29, 0.717) is 6.54 Å². The van der Waals surface area contributed by atoms with Crippen LogP contribution in [0.4, 0.5) is 0 Å². The van der Waals surface area contributed by atoms with Crippen molar-refractivity contribution in [2.75, 3.05) is 6.61 Å². The van der Waals surface area contributed by atoms with Crippen LogP contribution in [0.25, 0.3) is 0 Å². The average Bonchev–Trinajstić information content (AvgIpc) is 2.19. The number of hydrogen-bond donors (Lipinski definition) is 1. The van der Waals surface area contributed by atoms with E-state index in [2.05, 4.69) is 4.98 Å². The van der Waals surface area contributed by atoms with Crippen LogP contribution in [0.2, 0.25) is 10.2 Å². The van der Waals surface area contributed by atoms with E-state index in [4.69, 9.17) is 28.3 Å². The lowest BCUT2D eigenvalue weighted by Crippen LogP contribution is -2.25. The van der Waals surface area contributed by atoms with Gasteiger partial charge in [-0.05, 0) is 5.92 Å². The fraction of sp³-hybridized carbons (Fsp3) is 0.500. The molecule has 1 N–H and O–H groups in total. The van der Waals surface area contributed by atoms with Gasteiger partial charge < -0.3 is 5.11 Å². The molecule has 0 aromatic carbocycles. The molecule has 0 bridgehead atoms. The summed E-state index contributed by atoms with van der Waals surface area (Å²) in [5.41, 5.74) is -0.382. The van der Waals surface area contributed by atoms with Crippen LogP contribution in [-0.2, 0) is 6.54 Å². The van der Waals surface area contributed by atoms with E-state index < -0.39 is 0 Å². The first-order valence-corrected chi connectivity index (χ1v) is 4.83. The SMILES string of the molecule is CC(CO)Cn1cnc(Cl)c(Cl)c1=O. The molecule has 0 spiro atoms. The summed E-state index contributed by atoms with van der Waals surface area (Å²) < 4.78 is 1.33. The first-order valence-electron chi connectivity index (χ1n) is 4.07. The molecule has 0 aliphatic rings. The van der Waals surface area contributed by atoms with E-state index in [9.17, 15) is 4.79 Å². The van der Waals surface area contributed by atoms with Crippen molar-refractivity contribution in [2.45, 2.75) is 13.5 Å². The summed E-state index contributed by atoms with van der Waals surface area (Å²) in [4.78, 5) is 15.2. The number of aliphatic hydroxyl groups is 1. The molecule has 1 aromatic rings. The van der Waals surface area contributed by atoms with Crippen LogP contribution < -0.4 is 5.56 Å². The van der Waals surface area contributed by atoms with E-state index in [1.54, 1.807) is 0 Å². The van der Waals surface area contributed by atoms with Crippen LogP contribution in [0.15, 0.2) is 11.1 Å². The van der Waals surface area contributed by atoms with Gasteiger partial charge in [0.2, 0.25) is 0 Å². The summed E-state index contributed by atoms with van der Waals surface area (Å²) in [5, 5.41) is 8.74. The fourth-order valence-corrected chi connectivity index (χ4v) is 1.25. The van der Waals surface area contributed by atoms with Crippen molar-refractivity contribution >= 4 is 23.2 Å². The smallest absolute Gasteiger partial charge is 0.273 e. The highest BCUT2D eigenvalue weighted by Crippen LogP contribution is 2.12. The average molecular weight is 237 g/mol. The zero-order chi connectivity index (χ0) is 10.7. The van der Waals surface area contributed by atoms with Crippen LogP contribution in [0.3, 0.4) is 0 Å². The summed E-state index contributed by atoms with van der Waals surface area (Å²) in [6.07, 6.45) is 1.32. The van der Waals surface area contributed by atoms with Crippen molar-refractivity contribution in [3.8, 4) is 0 Å². The number of hydrogen-bond acceptors (Lipinski definition) is 3. The zero-order valence-corrected chi connectivity index (χ0v) is 9.09. The summed E-state index contributed by atoms with van der Waals surface area (Å²) in [7, 11) is 0. The van der Waals surface area contributed by atoms with Crippen molar-refractivity contribution in [2.24, 2.45) is 5.92 Å². The molecule has 0 saturated carbocycles. The molecule has 0 aliphatic carbocycles. The predicted octanol–water partition coefficient (Wildman–Crippen LogP) is 1.18. The standard InChI is InChI=1S/C8H10Cl2N2O2/c1-5(3-13)2-12-4-11-7(10)6(9)8(12)14/h4-5,13H,2-3H2,1H3. The highest BCUT2D eigenvalue weighted by molar-refractivity contribution is 6.40. The molecule has 0 aliphatic heterocycles. The van der Waals surface area contributed by atoms with Crippen molar-refractivity contribution in [1.29, 1.82) is 0 Å². The molecule has 0 fully saturated rings. The predicted molar refractivity (Wildman–Crippen MR) is 54.8 cm³/mol. The lowest BCUT2D eigenvalue weighted by Gasteiger charge is -2.10. The van der Waals surface area contributed by atoms with Crippen molar-refractivity contribution in [1.82, 2.24) is 9.55 Å². The Kier molecular flexibility index (Phi) is 3.92. The van der Waals surface area contributed by atoms with Crippen LogP contribution in [-0.4, -0.2) is 21.3 Å². The van der Waals surface area contributed by atoms with Gasteiger partial charge >= 0.3 is 0 Å². The Labute approximate surface area is 91.1 Å². The monoisotopic (exact) mass is 236 g/mol. The van der Waals surface area contributed by atoms with Crippen molar-refractivity contribution < 1.29 is 5.11 Å². The van der Waals surface area contributed by atoms with Crippen LogP contribution >= 0.6 is 23.2 Å². The Hall–Kier alpha value is -0.580. The normalized spacial score (nSPS) is 12.9. The van der Waals surface area contributed by atoms with Crippen LogP contribution in [0.1, 0.15) is 6.92 Å². The Morgan fingerprint density at radius 3 is 2.86 bits per heavy atom. The minimum atomic E-state index is -0.382. The molecule has 1 atom stereocenters. The van der Waals surface area contributed by atoms with Crippen molar-refractivity contribution in [3.63, 3.8) is 0 Å². The molecule has 1 heterocycles. The van der Waals surface area contributed by atoms with Crippen molar-refractivity contribution in [3.05, 3.63) is 26.9 Å². The lowest BCUT2D eigenvalue weighted by molar-refractivity contribution is 0.221. The molecule has 78 valence electrons. The van der Waals surface area contributed by atoms with Gasteiger partial charge in [0.15, 0.2) is 5.15 Å². The first kappa shape index (κ1) is 11.5. The van der Waals surface area contributed by atoms with Gasteiger partial charge in [-0.25, -0.2) is 4.98 Å². The summed E-state index contributed by atoms with van der Waals surface area (Å²) in [5.74, 6) is -0.0215. The highest BCUT2D eigenvalue weighted by Gasteiger charge is 2.09. The molecule has 0 radical (unpaired) electrons. The second-order valence-corrected chi connectivity index (χ2v) is 3.83. The molecule has 1 unspecified atom stereocenters. The Balaban J connectivity index is 3.00. The minimum absolute atomic E-state index is 0.00423. The minimum Gasteiger partial charge on any atom is -0.396 e.